The van der Waals surface area contributed by atoms with Gasteiger partial charge in [-0.3, -0.25) is 40.7 Å². The van der Waals surface area contributed by atoms with E-state index in [2.05, 4.69) is 21.5 Å². The number of anilines is 1. The molecule has 2 rings (SSSR count). The highest BCUT2D eigenvalue weighted by Gasteiger charge is 2.12. The van der Waals surface area contributed by atoms with Crippen molar-refractivity contribution in [3.8, 4) is 0 Å². The summed E-state index contributed by atoms with van der Waals surface area (Å²) in [5.41, 5.74) is 5.89. The molecular formula is C19H18ClN5O5S. The SMILES string of the molecule is Cc1c(Cl)cccc1NC(=O)CCC(=O)NNC(=S)NC(=O)c1ccc([N+](=O)[O-])cc1. The van der Waals surface area contributed by atoms with Crippen LogP contribution in [0.25, 0.3) is 0 Å². The first-order valence-corrected chi connectivity index (χ1v) is 9.65. The van der Waals surface area contributed by atoms with Crippen LogP contribution in [0.1, 0.15) is 28.8 Å². The molecule has 0 aliphatic heterocycles. The van der Waals surface area contributed by atoms with E-state index in [-0.39, 0.29) is 35.1 Å². The summed E-state index contributed by atoms with van der Waals surface area (Å²) >= 11 is 10.9. The number of nitro groups is 1. The number of amides is 3. The van der Waals surface area contributed by atoms with Crippen LogP contribution in [0.2, 0.25) is 5.02 Å². The number of rotatable bonds is 6. The zero-order valence-electron chi connectivity index (χ0n) is 16.2. The minimum absolute atomic E-state index is 0.0820. The number of hydrogen-bond donors (Lipinski definition) is 4. The number of non-ortho nitro benzene ring substituents is 1. The predicted molar refractivity (Wildman–Crippen MR) is 118 cm³/mol. The summed E-state index contributed by atoms with van der Waals surface area (Å²) in [7, 11) is 0. The lowest BCUT2D eigenvalue weighted by Crippen LogP contribution is -2.48. The van der Waals surface area contributed by atoms with Gasteiger partial charge >= 0.3 is 0 Å². The molecule has 4 N–H and O–H groups in total. The number of hydrazine groups is 1. The molecule has 0 saturated heterocycles. The molecule has 0 saturated carbocycles. The largest absolute Gasteiger partial charge is 0.326 e. The number of nitrogens with zero attached hydrogens (tertiary/aromatic N) is 1. The number of nitro benzene ring substituents is 1. The summed E-state index contributed by atoms with van der Waals surface area (Å²) in [4.78, 5) is 46.0. The van der Waals surface area contributed by atoms with Gasteiger partial charge in [0, 0.05) is 41.2 Å². The topological polar surface area (TPSA) is 142 Å². The first-order chi connectivity index (χ1) is 14.7. The quantitative estimate of drug-likeness (QED) is 0.293. The minimum Gasteiger partial charge on any atom is -0.326 e. The molecule has 3 amide bonds. The first kappa shape index (κ1) is 23.7. The van der Waals surface area contributed by atoms with E-state index in [1.54, 1.807) is 25.1 Å². The van der Waals surface area contributed by atoms with Crippen LogP contribution < -0.4 is 21.5 Å². The molecule has 2 aromatic rings. The van der Waals surface area contributed by atoms with Gasteiger partial charge in [-0.25, -0.2) is 0 Å². The molecule has 0 atom stereocenters. The van der Waals surface area contributed by atoms with Gasteiger partial charge in [-0.2, -0.15) is 0 Å². The summed E-state index contributed by atoms with van der Waals surface area (Å²) in [6.07, 6.45) is -0.210. The van der Waals surface area contributed by atoms with Gasteiger partial charge in [0.15, 0.2) is 5.11 Å². The van der Waals surface area contributed by atoms with Crippen molar-refractivity contribution in [1.82, 2.24) is 16.2 Å². The zero-order chi connectivity index (χ0) is 23.0. The van der Waals surface area contributed by atoms with E-state index < -0.39 is 16.7 Å². The van der Waals surface area contributed by atoms with Crippen LogP contribution in [0.15, 0.2) is 42.5 Å². The second kappa shape index (κ2) is 11.0. The fourth-order valence-corrected chi connectivity index (χ4v) is 2.63. The van der Waals surface area contributed by atoms with E-state index in [4.69, 9.17) is 23.8 Å². The predicted octanol–water partition coefficient (Wildman–Crippen LogP) is 2.61. The van der Waals surface area contributed by atoms with Crippen molar-refractivity contribution in [3.05, 3.63) is 68.7 Å². The number of benzene rings is 2. The third kappa shape index (κ3) is 7.32. The average Bonchev–Trinajstić information content (AvgIpc) is 2.74. The average molecular weight is 464 g/mol. The van der Waals surface area contributed by atoms with Crippen LogP contribution in [0, 0.1) is 17.0 Å². The van der Waals surface area contributed by atoms with Gasteiger partial charge in [-0.05, 0) is 49.0 Å². The molecule has 2 aromatic carbocycles. The Morgan fingerprint density at radius 1 is 1.03 bits per heavy atom. The van der Waals surface area contributed by atoms with E-state index in [0.29, 0.717) is 10.7 Å². The van der Waals surface area contributed by atoms with Crippen molar-refractivity contribution in [2.45, 2.75) is 19.8 Å². The van der Waals surface area contributed by atoms with Gasteiger partial charge < -0.3 is 5.32 Å². The highest BCUT2D eigenvalue weighted by Crippen LogP contribution is 2.23. The molecule has 162 valence electrons. The zero-order valence-corrected chi connectivity index (χ0v) is 17.8. The molecule has 12 heteroatoms. The molecule has 31 heavy (non-hydrogen) atoms. The van der Waals surface area contributed by atoms with Crippen LogP contribution in [0.3, 0.4) is 0 Å². The maximum Gasteiger partial charge on any atom is 0.269 e. The van der Waals surface area contributed by atoms with E-state index in [9.17, 15) is 24.5 Å². The van der Waals surface area contributed by atoms with Crippen molar-refractivity contribution in [3.63, 3.8) is 0 Å². The monoisotopic (exact) mass is 463 g/mol. The minimum atomic E-state index is -0.613. The van der Waals surface area contributed by atoms with Crippen molar-refractivity contribution >= 4 is 58.0 Å². The van der Waals surface area contributed by atoms with Crippen LogP contribution in [0.4, 0.5) is 11.4 Å². The van der Waals surface area contributed by atoms with Gasteiger partial charge in [0.2, 0.25) is 11.8 Å². The normalized spacial score (nSPS) is 10.0. The smallest absolute Gasteiger partial charge is 0.269 e. The lowest BCUT2D eigenvalue weighted by atomic mass is 10.2. The maximum atomic E-state index is 12.0. The molecule has 0 unspecified atom stereocenters. The summed E-state index contributed by atoms with van der Waals surface area (Å²) in [5, 5.41) is 16.0. The Balaban J connectivity index is 1.73. The fourth-order valence-electron chi connectivity index (χ4n) is 2.31. The molecule has 0 bridgehead atoms. The molecule has 0 heterocycles. The van der Waals surface area contributed by atoms with Gasteiger partial charge in [-0.15, -0.1) is 0 Å². The molecule has 0 spiro atoms. The van der Waals surface area contributed by atoms with Crippen LogP contribution in [-0.2, 0) is 9.59 Å². The van der Waals surface area contributed by atoms with E-state index >= 15 is 0 Å². The van der Waals surface area contributed by atoms with E-state index in [1.807, 2.05) is 0 Å². The van der Waals surface area contributed by atoms with E-state index in [0.717, 1.165) is 5.56 Å². The van der Waals surface area contributed by atoms with Crippen molar-refractivity contribution in [2.24, 2.45) is 0 Å². The number of carbonyl (C=O) groups excluding carboxylic acids is 3. The molecule has 0 aliphatic carbocycles. The second-order valence-corrected chi connectivity index (χ2v) is 7.04. The highest BCUT2D eigenvalue weighted by atomic mass is 35.5. The van der Waals surface area contributed by atoms with Gasteiger partial charge in [0.25, 0.3) is 11.6 Å². The Kier molecular flexibility index (Phi) is 8.41. The molecule has 0 fully saturated rings. The first-order valence-electron chi connectivity index (χ1n) is 8.87. The second-order valence-electron chi connectivity index (χ2n) is 6.22. The third-order valence-corrected chi connectivity index (χ3v) is 4.62. The van der Waals surface area contributed by atoms with Crippen molar-refractivity contribution in [2.75, 3.05) is 5.32 Å². The number of nitrogens with one attached hydrogen (secondary N) is 4. The molecule has 10 nitrogen and oxygen atoms in total. The molecule has 0 aliphatic rings. The number of thiocarbonyl (C=S) groups is 1. The Morgan fingerprint density at radius 3 is 2.32 bits per heavy atom. The van der Waals surface area contributed by atoms with Crippen molar-refractivity contribution in [1.29, 1.82) is 0 Å². The molecule has 0 aromatic heterocycles. The number of hydrogen-bond acceptors (Lipinski definition) is 6. The van der Waals surface area contributed by atoms with Crippen LogP contribution in [0.5, 0.6) is 0 Å². The maximum absolute atomic E-state index is 12.0. The third-order valence-electron chi connectivity index (χ3n) is 4.00. The standard InChI is InChI=1S/C19H18ClN5O5S/c1-11-14(20)3-2-4-15(11)21-16(26)9-10-17(27)23-24-19(31)22-18(28)12-5-7-13(8-6-12)25(29)30/h2-8H,9-10H2,1H3,(H,21,26)(H,23,27)(H2,22,24,28,31). The highest BCUT2D eigenvalue weighted by molar-refractivity contribution is 7.80. The lowest BCUT2D eigenvalue weighted by molar-refractivity contribution is -0.384. The Bertz CT molecular complexity index is 1030. The van der Waals surface area contributed by atoms with Crippen LogP contribution in [-0.4, -0.2) is 27.8 Å². The fraction of sp³-hybridized carbons (Fsp3) is 0.158. The summed E-state index contributed by atoms with van der Waals surface area (Å²) in [6, 6.07) is 10.0. The van der Waals surface area contributed by atoms with Gasteiger partial charge in [0.1, 0.15) is 0 Å². The van der Waals surface area contributed by atoms with Crippen LogP contribution >= 0.6 is 23.8 Å². The number of carbonyl (C=O) groups is 3. The molecular weight excluding hydrogens is 446 g/mol. The van der Waals surface area contributed by atoms with E-state index in [1.165, 1.54) is 24.3 Å². The summed E-state index contributed by atoms with van der Waals surface area (Å²) in [6.45, 7) is 1.76. The summed E-state index contributed by atoms with van der Waals surface area (Å²) < 4.78 is 0. The molecule has 0 radical (unpaired) electrons. The lowest BCUT2D eigenvalue weighted by Gasteiger charge is -2.11. The Morgan fingerprint density at radius 2 is 1.68 bits per heavy atom. The van der Waals surface area contributed by atoms with Gasteiger partial charge in [-0.1, -0.05) is 17.7 Å². The number of halogens is 1. The Hall–Kier alpha value is -3.57. The summed E-state index contributed by atoms with van der Waals surface area (Å²) in [5.74, 6) is -1.50. The van der Waals surface area contributed by atoms with Gasteiger partial charge in [0.05, 0.1) is 4.92 Å². The Labute approximate surface area is 187 Å². The van der Waals surface area contributed by atoms with Crippen molar-refractivity contribution < 1.29 is 19.3 Å².